The fraction of sp³-hybridized carbons (Fsp3) is 0.455. The van der Waals surface area contributed by atoms with Gasteiger partial charge >= 0.3 is 0 Å². The number of anilines is 1. The van der Waals surface area contributed by atoms with Gasteiger partial charge in [0.05, 0.1) is 5.56 Å². The van der Waals surface area contributed by atoms with Gasteiger partial charge in [0.25, 0.3) is 0 Å². The molecule has 1 atom stereocenters. The van der Waals surface area contributed by atoms with Crippen molar-refractivity contribution in [2.75, 3.05) is 29.2 Å². The summed E-state index contributed by atoms with van der Waals surface area (Å²) < 4.78 is 23.8. The third-order valence-corrected chi connectivity index (χ3v) is 5.57. The van der Waals surface area contributed by atoms with Gasteiger partial charge < -0.3 is 10.6 Å². The number of nitrogen functional groups attached to an aromatic ring is 1. The van der Waals surface area contributed by atoms with Crippen molar-refractivity contribution in [3.63, 3.8) is 0 Å². The molecule has 1 fully saturated rings. The summed E-state index contributed by atoms with van der Waals surface area (Å²) >= 11 is 1.61. The van der Waals surface area contributed by atoms with E-state index in [1.165, 1.54) is 6.26 Å². The Morgan fingerprint density at radius 1 is 1.63 bits per heavy atom. The summed E-state index contributed by atoms with van der Waals surface area (Å²) in [6.07, 6.45) is 2.82. The van der Waals surface area contributed by atoms with Crippen LogP contribution in [0.1, 0.15) is 5.56 Å². The lowest BCUT2D eigenvalue weighted by Crippen LogP contribution is -2.48. The van der Waals surface area contributed by atoms with Gasteiger partial charge in [-0.05, 0) is 12.1 Å². The van der Waals surface area contributed by atoms with Gasteiger partial charge in [-0.1, -0.05) is 0 Å². The van der Waals surface area contributed by atoms with E-state index in [0.717, 1.165) is 5.75 Å². The van der Waals surface area contributed by atoms with Gasteiger partial charge in [0.15, 0.2) is 9.84 Å². The van der Waals surface area contributed by atoms with Gasteiger partial charge in [0, 0.05) is 30.5 Å². The summed E-state index contributed by atoms with van der Waals surface area (Å²) in [5.41, 5.74) is 6.01. The molecule has 0 aliphatic carbocycles. The zero-order chi connectivity index (χ0) is 14.0. The van der Waals surface area contributed by atoms with E-state index in [1.807, 2.05) is 0 Å². The number of thioether (sulfide) groups is 1. The summed E-state index contributed by atoms with van der Waals surface area (Å²) in [5, 5.41) is 6.96. The van der Waals surface area contributed by atoms with E-state index in [2.05, 4.69) is 4.98 Å². The highest BCUT2D eigenvalue weighted by Gasteiger charge is 2.33. The van der Waals surface area contributed by atoms with Crippen molar-refractivity contribution in [2.45, 2.75) is 5.37 Å². The van der Waals surface area contributed by atoms with E-state index in [4.69, 9.17) is 11.1 Å². The molecule has 19 heavy (non-hydrogen) atoms. The number of nitrogens with two attached hydrogens (primary N) is 1. The molecular weight excluding hydrogens is 284 g/mol. The Morgan fingerprint density at radius 2 is 2.37 bits per heavy atom. The lowest BCUT2D eigenvalue weighted by molar-refractivity contribution is 0.583. The standard InChI is InChI=1S/C11H16N4O2S2/c1-19(16,17)9-7-18-6-5-15(9)11-8(10(12)13)3-2-4-14-11/h2-4,9H,5-7H2,1H3,(H3,12,13). The van der Waals surface area contributed by atoms with Gasteiger partial charge in [0.1, 0.15) is 17.0 Å². The van der Waals surface area contributed by atoms with Gasteiger partial charge in [0.2, 0.25) is 0 Å². The molecule has 1 aromatic rings. The second kappa shape index (κ2) is 5.38. The number of nitrogens with one attached hydrogen (secondary N) is 1. The normalized spacial score (nSPS) is 20.3. The molecule has 0 aromatic carbocycles. The van der Waals surface area contributed by atoms with E-state index < -0.39 is 15.2 Å². The molecule has 104 valence electrons. The maximum Gasteiger partial charge on any atom is 0.169 e. The van der Waals surface area contributed by atoms with Crippen molar-refractivity contribution in [2.24, 2.45) is 5.73 Å². The zero-order valence-electron chi connectivity index (χ0n) is 10.5. The largest absolute Gasteiger partial charge is 0.384 e. The van der Waals surface area contributed by atoms with Crippen LogP contribution in [-0.2, 0) is 9.84 Å². The third kappa shape index (κ3) is 3.01. The SMILES string of the molecule is CS(=O)(=O)C1CSCCN1c1ncccc1C(=N)N. The summed E-state index contributed by atoms with van der Waals surface area (Å²) in [7, 11) is -3.21. The number of aromatic nitrogens is 1. The fourth-order valence-electron chi connectivity index (χ4n) is 2.01. The zero-order valence-corrected chi connectivity index (χ0v) is 12.2. The average molecular weight is 300 g/mol. The predicted octanol–water partition coefficient (Wildman–Crippen LogP) is 0.290. The smallest absolute Gasteiger partial charge is 0.169 e. The molecule has 6 nitrogen and oxygen atoms in total. The molecule has 1 unspecified atom stereocenters. The quantitative estimate of drug-likeness (QED) is 0.615. The van der Waals surface area contributed by atoms with Crippen molar-refractivity contribution < 1.29 is 8.42 Å². The first-order valence-electron chi connectivity index (χ1n) is 5.74. The van der Waals surface area contributed by atoms with Crippen molar-refractivity contribution >= 4 is 33.3 Å². The van der Waals surface area contributed by atoms with Crippen molar-refractivity contribution in [1.82, 2.24) is 4.98 Å². The van der Waals surface area contributed by atoms with Crippen molar-refractivity contribution in [1.29, 1.82) is 5.41 Å². The molecular formula is C11H16N4O2S2. The maximum absolute atomic E-state index is 11.9. The number of amidine groups is 1. The fourth-order valence-corrected chi connectivity index (χ4v) is 4.83. The van der Waals surface area contributed by atoms with Crippen molar-refractivity contribution in [3.05, 3.63) is 23.9 Å². The second-order valence-electron chi connectivity index (χ2n) is 4.34. The van der Waals surface area contributed by atoms with E-state index >= 15 is 0 Å². The lowest BCUT2D eigenvalue weighted by Gasteiger charge is -2.35. The Kier molecular flexibility index (Phi) is 4.00. The summed E-state index contributed by atoms with van der Waals surface area (Å²) in [6, 6.07) is 3.38. The van der Waals surface area contributed by atoms with E-state index in [9.17, 15) is 8.42 Å². The van der Waals surface area contributed by atoms with Gasteiger partial charge in [-0.3, -0.25) is 5.41 Å². The molecule has 0 bridgehead atoms. The topological polar surface area (TPSA) is 100 Å². The monoisotopic (exact) mass is 300 g/mol. The van der Waals surface area contributed by atoms with Crippen LogP contribution in [0.2, 0.25) is 0 Å². The molecule has 0 spiro atoms. The Bertz CT molecular complexity index is 588. The highest BCUT2D eigenvalue weighted by molar-refractivity contribution is 8.01. The van der Waals surface area contributed by atoms with Crippen LogP contribution in [0, 0.1) is 5.41 Å². The first kappa shape index (κ1) is 14.1. The van der Waals surface area contributed by atoms with Crippen LogP contribution in [0.5, 0.6) is 0 Å². The highest BCUT2D eigenvalue weighted by Crippen LogP contribution is 2.27. The molecule has 0 saturated carbocycles. The summed E-state index contributed by atoms with van der Waals surface area (Å²) in [5.74, 6) is 1.71. The Labute approximate surface area is 116 Å². The molecule has 0 amide bonds. The third-order valence-electron chi connectivity index (χ3n) is 2.93. The number of hydrogen-bond donors (Lipinski definition) is 2. The number of rotatable bonds is 3. The second-order valence-corrected chi connectivity index (χ2v) is 7.69. The summed E-state index contributed by atoms with van der Waals surface area (Å²) in [6.45, 7) is 0.583. The molecule has 8 heteroatoms. The maximum atomic E-state index is 11.9. The van der Waals surface area contributed by atoms with E-state index in [0.29, 0.717) is 23.7 Å². The first-order chi connectivity index (χ1) is 8.91. The lowest BCUT2D eigenvalue weighted by atomic mass is 10.2. The minimum absolute atomic E-state index is 0.103. The van der Waals surface area contributed by atoms with E-state index in [-0.39, 0.29) is 5.84 Å². The molecule has 1 aliphatic heterocycles. The van der Waals surface area contributed by atoms with Gasteiger partial charge in [-0.15, -0.1) is 0 Å². The minimum Gasteiger partial charge on any atom is -0.384 e. The van der Waals surface area contributed by atoms with Crippen LogP contribution in [0.3, 0.4) is 0 Å². The van der Waals surface area contributed by atoms with Crippen LogP contribution < -0.4 is 10.6 Å². The molecule has 3 N–H and O–H groups in total. The molecule has 0 radical (unpaired) electrons. The van der Waals surface area contributed by atoms with Crippen LogP contribution in [0.25, 0.3) is 0 Å². The van der Waals surface area contributed by atoms with Gasteiger partial charge in [-0.2, -0.15) is 11.8 Å². The molecule has 1 saturated heterocycles. The van der Waals surface area contributed by atoms with Crippen LogP contribution >= 0.6 is 11.8 Å². The van der Waals surface area contributed by atoms with Gasteiger partial charge in [-0.25, -0.2) is 13.4 Å². The number of sulfone groups is 1. The Morgan fingerprint density at radius 3 is 3.00 bits per heavy atom. The molecule has 1 aromatic heterocycles. The number of pyridine rings is 1. The molecule has 2 heterocycles. The summed E-state index contributed by atoms with van der Waals surface area (Å²) in [4.78, 5) is 5.96. The Hall–Kier alpha value is -1.28. The average Bonchev–Trinajstić information content (AvgIpc) is 2.37. The highest BCUT2D eigenvalue weighted by atomic mass is 32.2. The van der Waals surface area contributed by atoms with Crippen LogP contribution in [0.15, 0.2) is 18.3 Å². The van der Waals surface area contributed by atoms with E-state index in [1.54, 1.807) is 35.0 Å². The van der Waals surface area contributed by atoms with Crippen LogP contribution in [0.4, 0.5) is 5.82 Å². The minimum atomic E-state index is -3.21. The number of nitrogens with zero attached hydrogens (tertiary/aromatic N) is 2. The molecule has 2 rings (SSSR count). The van der Waals surface area contributed by atoms with Crippen LogP contribution in [-0.4, -0.2) is 48.9 Å². The molecule has 1 aliphatic rings. The van der Waals surface area contributed by atoms with Crippen molar-refractivity contribution in [3.8, 4) is 0 Å². The Balaban J connectivity index is 2.46. The predicted molar refractivity (Wildman–Crippen MR) is 78.6 cm³/mol. The number of hydrogen-bond acceptors (Lipinski definition) is 6. The first-order valence-corrected chi connectivity index (χ1v) is 8.85.